The third-order valence-electron chi connectivity index (χ3n) is 5.99. The quantitative estimate of drug-likeness (QED) is 0.353. The predicted molar refractivity (Wildman–Crippen MR) is 144 cm³/mol. The van der Waals surface area contributed by atoms with Gasteiger partial charge in [-0.25, -0.2) is 14.0 Å². The van der Waals surface area contributed by atoms with E-state index in [9.17, 15) is 23.6 Å². The number of carbonyl (C=O) groups is 4. The molecule has 2 saturated heterocycles. The molecular weight excluding hydrogens is 491 g/mol. The van der Waals surface area contributed by atoms with Crippen LogP contribution in [0.4, 0.5) is 14.0 Å². The molecule has 0 aromatic heterocycles. The van der Waals surface area contributed by atoms with Crippen molar-refractivity contribution < 1.29 is 33.0 Å². The largest absolute Gasteiger partial charge is 0.444 e. The second-order valence-corrected chi connectivity index (χ2v) is 11.8. The molecule has 2 aliphatic heterocycles. The number of terminal acetylenes is 1. The minimum absolute atomic E-state index is 0.0174. The average Bonchev–Trinajstić information content (AvgIpc) is 2.76. The van der Waals surface area contributed by atoms with E-state index in [1.54, 1.807) is 31.7 Å². The van der Waals surface area contributed by atoms with Crippen LogP contribution in [0.2, 0.25) is 0 Å². The molecule has 2 rings (SSSR count). The molecule has 0 aliphatic carbocycles. The summed E-state index contributed by atoms with van der Waals surface area (Å²) in [5, 5.41) is 0. The molecule has 0 unspecified atom stereocenters. The van der Waals surface area contributed by atoms with Gasteiger partial charge in [0.25, 0.3) is 0 Å². The molecule has 2 fully saturated rings. The van der Waals surface area contributed by atoms with Crippen molar-refractivity contribution in [1.82, 2.24) is 9.80 Å². The van der Waals surface area contributed by atoms with E-state index in [-0.39, 0.29) is 31.7 Å². The van der Waals surface area contributed by atoms with Crippen LogP contribution in [-0.2, 0) is 19.1 Å². The van der Waals surface area contributed by atoms with Gasteiger partial charge >= 0.3 is 12.2 Å². The van der Waals surface area contributed by atoms with Crippen LogP contribution in [-0.4, -0.2) is 76.6 Å². The number of amides is 2. The van der Waals surface area contributed by atoms with Gasteiger partial charge in [-0.15, -0.1) is 25.5 Å². The number of halogens is 1. The second-order valence-electron chi connectivity index (χ2n) is 11.8. The van der Waals surface area contributed by atoms with Crippen LogP contribution in [0.5, 0.6) is 0 Å². The molecule has 2 aliphatic rings. The maximum Gasteiger partial charge on any atom is 0.410 e. The minimum Gasteiger partial charge on any atom is -0.444 e. The van der Waals surface area contributed by atoms with Gasteiger partial charge < -0.3 is 19.3 Å². The number of ketones is 2. The van der Waals surface area contributed by atoms with Crippen LogP contribution < -0.4 is 0 Å². The lowest BCUT2D eigenvalue weighted by Gasteiger charge is -2.40. The van der Waals surface area contributed by atoms with Crippen molar-refractivity contribution >= 4 is 23.8 Å². The molecule has 0 N–H and O–H groups in total. The molecule has 8 nitrogen and oxygen atoms in total. The third-order valence-corrected chi connectivity index (χ3v) is 5.99. The Morgan fingerprint density at radius 2 is 1.37 bits per heavy atom. The van der Waals surface area contributed by atoms with Crippen molar-refractivity contribution in [2.45, 2.75) is 90.5 Å². The van der Waals surface area contributed by atoms with E-state index in [1.165, 1.54) is 11.0 Å². The lowest BCUT2D eigenvalue weighted by molar-refractivity contribution is -0.135. The molecule has 38 heavy (non-hydrogen) atoms. The van der Waals surface area contributed by atoms with Crippen molar-refractivity contribution in [3.8, 4) is 12.3 Å². The van der Waals surface area contributed by atoms with Gasteiger partial charge in [0.15, 0.2) is 11.5 Å². The van der Waals surface area contributed by atoms with Crippen molar-refractivity contribution in [2.24, 2.45) is 5.41 Å². The van der Waals surface area contributed by atoms with E-state index in [0.717, 1.165) is 0 Å². The van der Waals surface area contributed by atoms with Gasteiger partial charge in [-0.1, -0.05) is 12.2 Å². The van der Waals surface area contributed by atoms with Gasteiger partial charge in [-0.2, -0.15) is 0 Å². The van der Waals surface area contributed by atoms with Crippen molar-refractivity contribution in [3.63, 3.8) is 0 Å². The summed E-state index contributed by atoms with van der Waals surface area (Å²) in [6.45, 7) is 18.4. The summed E-state index contributed by atoms with van der Waals surface area (Å²) in [6, 6.07) is 0. The van der Waals surface area contributed by atoms with Crippen LogP contribution in [0.25, 0.3) is 0 Å². The van der Waals surface area contributed by atoms with E-state index in [4.69, 9.17) is 15.9 Å². The Hall–Kier alpha value is -3.15. The summed E-state index contributed by atoms with van der Waals surface area (Å²) in [6.07, 6.45) is 8.51. The molecule has 0 aromatic carbocycles. The molecular formula is C29H43FN2O6. The van der Waals surface area contributed by atoms with E-state index < -0.39 is 40.3 Å². The molecule has 212 valence electrons. The number of alkyl halides is 1. The highest BCUT2D eigenvalue weighted by Gasteiger charge is 2.45. The molecule has 2 amide bonds. The Morgan fingerprint density at radius 3 is 1.79 bits per heavy atom. The van der Waals surface area contributed by atoms with Gasteiger partial charge in [0.1, 0.15) is 17.0 Å². The monoisotopic (exact) mass is 534 g/mol. The SMILES string of the molecule is C#CC[C@@]1(CC=C)CN(C(=O)OC(C)(C)C)CCC1=O.C=CC[C@]1(F)CN(C(=O)OC(C)(C)C)CCC1=O. The Bertz CT molecular complexity index is 958. The van der Waals surface area contributed by atoms with E-state index >= 15 is 0 Å². The molecule has 2 atom stereocenters. The maximum atomic E-state index is 14.3. The first-order valence-electron chi connectivity index (χ1n) is 12.8. The first-order chi connectivity index (χ1) is 17.4. The zero-order valence-electron chi connectivity index (χ0n) is 23.7. The van der Waals surface area contributed by atoms with Gasteiger partial charge in [-0.3, -0.25) is 9.59 Å². The van der Waals surface area contributed by atoms with Crippen LogP contribution in [0.15, 0.2) is 25.3 Å². The van der Waals surface area contributed by atoms with Crippen LogP contribution in [0.3, 0.4) is 0 Å². The van der Waals surface area contributed by atoms with Gasteiger partial charge in [0.2, 0.25) is 0 Å². The van der Waals surface area contributed by atoms with Crippen molar-refractivity contribution in [3.05, 3.63) is 25.3 Å². The lowest BCUT2D eigenvalue weighted by Crippen LogP contribution is -2.54. The zero-order valence-corrected chi connectivity index (χ0v) is 23.7. The molecule has 9 heteroatoms. The van der Waals surface area contributed by atoms with E-state index in [2.05, 4.69) is 19.1 Å². The Balaban J connectivity index is 0.000000382. The highest BCUT2D eigenvalue weighted by molar-refractivity contribution is 5.90. The number of ether oxygens (including phenoxy) is 2. The fraction of sp³-hybridized carbons (Fsp3) is 0.655. The number of Topliss-reactive ketones (excluding diaryl/α,β-unsaturated/α-hetero) is 2. The number of hydrogen-bond donors (Lipinski definition) is 0. The number of hydrogen-bond acceptors (Lipinski definition) is 6. The summed E-state index contributed by atoms with van der Waals surface area (Å²) in [5.74, 6) is 2.19. The molecule has 0 radical (unpaired) electrons. The third kappa shape index (κ3) is 9.62. The van der Waals surface area contributed by atoms with Crippen LogP contribution in [0.1, 0.15) is 73.6 Å². The maximum absolute atomic E-state index is 14.3. The molecule has 0 spiro atoms. The van der Waals surface area contributed by atoms with Crippen LogP contribution >= 0.6 is 0 Å². The zero-order chi connectivity index (χ0) is 29.4. The highest BCUT2D eigenvalue weighted by atomic mass is 19.1. The summed E-state index contributed by atoms with van der Waals surface area (Å²) < 4.78 is 24.9. The van der Waals surface area contributed by atoms with E-state index in [1.807, 2.05) is 20.8 Å². The second kappa shape index (κ2) is 13.1. The Morgan fingerprint density at radius 1 is 0.921 bits per heavy atom. The number of carbonyl (C=O) groups excluding carboxylic acids is 4. The fourth-order valence-electron chi connectivity index (χ4n) is 4.21. The normalized spacial score (nSPS) is 23.9. The molecule has 0 aromatic rings. The van der Waals surface area contributed by atoms with Gasteiger partial charge in [0.05, 0.1) is 12.0 Å². The van der Waals surface area contributed by atoms with E-state index in [0.29, 0.717) is 32.4 Å². The van der Waals surface area contributed by atoms with Crippen molar-refractivity contribution in [1.29, 1.82) is 0 Å². The minimum atomic E-state index is -2.02. The fourth-order valence-corrected chi connectivity index (χ4v) is 4.21. The summed E-state index contributed by atoms with van der Waals surface area (Å²) in [5.41, 5.74) is -3.90. The average molecular weight is 535 g/mol. The highest BCUT2D eigenvalue weighted by Crippen LogP contribution is 2.35. The predicted octanol–water partition coefficient (Wildman–Crippen LogP) is 5.26. The van der Waals surface area contributed by atoms with Gasteiger partial charge in [0, 0.05) is 45.3 Å². The summed E-state index contributed by atoms with van der Waals surface area (Å²) in [7, 11) is 0. The first kappa shape index (κ1) is 32.9. The van der Waals surface area contributed by atoms with Gasteiger partial charge in [-0.05, 0) is 48.0 Å². The number of piperidine rings is 2. The van der Waals surface area contributed by atoms with Crippen molar-refractivity contribution in [2.75, 3.05) is 26.2 Å². The molecule has 2 heterocycles. The lowest BCUT2D eigenvalue weighted by atomic mass is 9.73. The smallest absolute Gasteiger partial charge is 0.410 e. The Kier molecular flexibility index (Phi) is 11.3. The van der Waals surface area contributed by atoms with Crippen LogP contribution in [0, 0.1) is 17.8 Å². The number of allylic oxidation sites excluding steroid dienone is 2. The standard InChI is InChI=1S/C16H23NO3.C13H20FNO3/c1-6-9-16(10-7-2)12-17(11-8-13(16)18)14(19)20-15(3,4)5;1-5-7-13(14)9-15(8-6-10(13)16)11(17)18-12(2,3)4/h1,7H,2,8-12H2,3-5H3;5H,1,6-9H2,2-4H3/t16-;13-/m10/s1. The molecule has 0 bridgehead atoms. The number of likely N-dealkylation sites (tertiary alicyclic amines) is 2. The molecule has 0 saturated carbocycles. The topological polar surface area (TPSA) is 93.2 Å². The number of rotatable bonds is 5. The summed E-state index contributed by atoms with van der Waals surface area (Å²) in [4.78, 5) is 50.6. The first-order valence-corrected chi connectivity index (χ1v) is 12.8. The number of nitrogens with zero attached hydrogens (tertiary/aromatic N) is 2. The Labute approximate surface area is 226 Å². The summed E-state index contributed by atoms with van der Waals surface area (Å²) >= 11 is 0.